The molecule has 0 saturated heterocycles. The Kier molecular flexibility index (Phi) is 3.76. The molecular weight excluding hydrogens is 257 g/mol. The van der Waals surface area contributed by atoms with Crippen LogP contribution in [0.1, 0.15) is 38.2 Å². The number of aliphatic hydroxyl groups is 1. The fraction of sp³-hybridized carbons (Fsp3) is 0.571. The van der Waals surface area contributed by atoms with Gasteiger partial charge in [-0.3, -0.25) is 0 Å². The Morgan fingerprint density at radius 1 is 1.16 bits per heavy atom. The van der Waals surface area contributed by atoms with Crippen LogP contribution in [-0.4, -0.2) is 11.5 Å². The maximum atomic E-state index is 12.0. The molecule has 5 heteroatoms. The zero-order valence-electron chi connectivity index (χ0n) is 10.7. The second-order valence-electron chi connectivity index (χ2n) is 5.29. The standard InChI is InChI=1S/C14H17F3O2/c1-10-6-8-13(18,9-7-10)11-2-4-12(5-3-11)19-14(15,16)17/h2-5,10,18H,6-9H2,1H3. The first-order valence-corrected chi connectivity index (χ1v) is 6.37. The summed E-state index contributed by atoms with van der Waals surface area (Å²) >= 11 is 0. The molecule has 1 aromatic rings. The number of benzene rings is 1. The summed E-state index contributed by atoms with van der Waals surface area (Å²) in [6, 6.07) is 5.52. The Morgan fingerprint density at radius 2 is 1.68 bits per heavy atom. The molecule has 1 N–H and O–H groups in total. The molecule has 19 heavy (non-hydrogen) atoms. The van der Waals surface area contributed by atoms with Crippen LogP contribution in [0.4, 0.5) is 13.2 Å². The molecule has 0 aromatic heterocycles. The van der Waals surface area contributed by atoms with E-state index >= 15 is 0 Å². The van der Waals surface area contributed by atoms with Crippen LogP contribution in [0.15, 0.2) is 24.3 Å². The maximum absolute atomic E-state index is 12.0. The quantitative estimate of drug-likeness (QED) is 0.883. The van der Waals surface area contributed by atoms with Gasteiger partial charge in [-0.25, -0.2) is 0 Å². The van der Waals surface area contributed by atoms with E-state index in [9.17, 15) is 18.3 Å². The van der Waals surface area contributed by atoms with Crippen molar-refractivity contribution in [3.63, 3.8) is 0 Å². The summed E-state index contributed by atoms with van der Waals surface area (Å²) in [7, 11) is 0. The molecule has 0 heterocycles. The Labute approximate surface area is 110 Å². The average Bonchev–Trinajstić information content (AvgIpc) is 2.32. The molecule has 1 aromatic carbocycles. The van der Waals surface area contributed by atoms with Gasteiger partial charge in [0.15, 0.2) is 0 Å². The molecular formula is C14H17F3O2. The Balaban J connectivity index is 2.10. The SMILES string of the molecule is CC1CCC(O)(c2ccc(OC(F)(F)F)cc2)CC1. The zero-order chi connectivity index (χ0) is 14.1. The lowest BCUT2D eigenvalue weighted by molar-refractivity contribution is -0.274. The zero-order valence-corrected chi connectivity index (χ0v) is 10.7. The van der Waals surface area contributed by atoms with E-state index in [1.807, 2.05) is 0 Å². The molecule has 0 radical (unpaired) electrons. The molecule has 106 valence electrons. The van der Waals surface area contributed by atoms with Crippen LogP contribution < -0.4 is 4.74 Å². The number of hydrogen-bond donors (Lipinski definition) is 1. The van der Waals surface area contributed by atoms with E-state index < -0.39 is 12.0 Å². The molecule has 0 atom stereocenters. The molecule has 1 aliphatic carbocycles. The number of rotatable bonds is 2. The van der Waals surface area contributed by atoms with Crippen molar-refractivity contribution in [3.8, 4) is 5.75 Å². The Morgan fingerprint density at radius 3 is 2.16 bits per heavy atom. The maximum Gasteiger partial charge on any atom is 0.573 e. The van der Waals surface area contributed by atoms with Crippen molar-refractivity contribution in [2.24, 2.45) is 5.92 Å². The molecule has 0 amide bonds. The van der Waals surface area contributed by atoms with Gasteiger partial charge in [0.1, 0.15) is 5.75 Å². The highest BCUT2D eigenvalue weighted by atomic mass is 19.4. The summed E-state index contributed by atoms with van der Waals surface area (Å²) in [4.78, 5) is 0. The molecule has 0 aliphatic heterocycles. The van der Waals surface area contributed by atoms with Crippen LogP contribution in [0.5, 0.6) is 5.75 Å². The number of alkyl halides is 3. The van der Waals surface area contributed by atoms with Crippen molar-refractivity contribution in [3.05, 3.63) is 29.8 Å². The monoisotopic (exact) mass is 274 g/mol. The fourth-order valence-electron chi connectivity index (χ4n) is 2.50. The summed E-state index contributed by atoms with van der Waals surface area (Å²) in [5.41, 5.74) is -0.252. The molecule has 1 saturated carbocycles. The molecule has 0 bridgehead atoms. The van der Waals surface area contributed by atoms with Gasteiger partial charge in [-0.05, 0) is 49.3 Å². The number of ether oxygens (including phenoxy) is 1. The van der Waals surface area contributed by atoms with Crippen LogP contribution in [0.25, 0.3) is 0 Å². The predicted octanol–water partition coefficient (Wildman–Crippen LogP) is 3.98. The first-order valence-electron chi connectivity index (χ1n) is 6.37. The second kappa shape index (κ2) is 5.04. The van der Waals surface area contributed by atoms with E-state index in [2.05, 4.69) is 11.7 Å². The largest absolute Gasteiger partial charge is 0.573 e. The molecule has 2 rings (SSSR count). The van der Waals surface area contributed by atoms with Crippen molar-refractivity contribution in [1.82, 2.24) is 0 Å². The number of halogens is 3. The topological polar surface area (TPSA) is 29.5 Å². The van der Waals surface area contributed by atoms with Gasteiger partial charge in [0.25, 0.3) is 0 Å². The van der Waals surface area contributed by atoms with E-state index in [4.69, 9.17) is 0 Å². The average molecular weight is 274 g/mol. The van der Waals surface area contributed by atoms with Crippen LogP contribution in [0.2, 0.25) is 0 Å². The van der Waals surface area contributed by atoms with Gasteiger partial charge in [-0.15, -0.1) is 13.2 Å². The summed E-state index contributed by atoms with van der Waals surface area (Å²) < 4.78 is 39.9. The van der Waals surface area contributed by atoms with Crippen molar-refractivity contribution >= 4 is 0 Å². The highest BCUT2D eigenvalue weighted by Crippen LogP contribution is 2.39. The first kappa shape index (κ1) is 14.2. The van der Waals surface area contributed by atoms with Crippen molar-refractivity contribution in [2.45, 2.75) is 44.6 Å². The summed E-state index contributed by atoms with van der Waals surface area (Å²) in [6.07, 6.45) is -1.53. The highest BCUT2D eigenvalue weighted by Gasteiger charge is 2.34. The van der Waals surface area contributed by atoms with Gasteiger partial charge in [-0.1, -0.05) is 19.1 Å². The number of hydrogen-bond acceptors (Lipinski definition) is 2. The minimum atomic E-state index is -4.68. The first-order chi connectivity index (χ1) is 8.78. The van der Waals surface area contributed by atoms with E-state index in [1.54, 1.807) is 0 Å². The van der Waals surface area contributed by atoms with E-state index in [0.29, 0.717) is 24.3 Å². The van der Waals surface area contributed by atoms with Crippen LogP contribution in [0, 0.1) is 5.92 Å². The minimum absolute atomic E-state index is 0.260. The second-order valence-corrected chi connectivity index (χ2v) is 5.29. The van der Waals surface area contributed by atoms with E-state index in [1.165, 1.54) is 24.3 Å². The fourth-order valence-corrected chi connectivity index (χ4v) is 2.50. The molecule has 1 fully saturated rings. The van der Waals surface area contributed by atoms with Crippen LogP contribution in [-0.2, 0) is 5.60 Å². The van der Waals surface area contributed by atoms with Crippen molar-refractivity contribution in [1.29, 1.82) is 0 Å². The smallest absolute Gasteiger partial charge is 0.406 e. The Hall–Kier alpha value is -1.23. The van der Waals surface area contributed by atoms with E-state index in [-0.39, 0.29) is 5.75 Å². The van der Waals surface area contributed by atoms with Crippen molar-refractivity contribution < 1.29 is 23.0 Å². The van der Waals surface area contributed by atoms with Gasteiger partial charge in [0, 0.05) is 0 Å². The van der Waals surface area contributed by atoms with Crippen molar-refractivity contribution in [2.75, 3.05) is 0 Å². The van der Waals surface area contributed by atoms with Gasteiger partial charge in [0.05, 0.1) is 5.60 Å². The summed E-state index contributed by atoms with van der Waals surface area (Å²) in [5, 5.41) is 10.5. The van der Waals surface area contributed by atoms with E-state index in [0.717, 1.165) is 12.8 Å². The lowest BCUT2D eigenvalue weighted by Crippen LogP contribution is -2.30. The van der Waals surface area contributed by atoms with Gasteiger partial charge in [-0.2, -0.15) is 0 Å². The summed E-state index contributed by atoms with van der Waals surface area (Å²) in [6.45, 7) is 2.14. The third kappa shape index (κ3) is 3.62. The third-order valence-corrected chi connectivity index (χ3v) is 3.73. The third-order valence-electron chi connectivity index (χ3n) is 3.73. The van der Waals surface area contributed by atoms with Gasteiger partial charge in [0.2, 0.25) is 0 Å². The van der Waals surface area contributed by atoms with Crippen LogP contribution in [0.3, 0.4) is 0 Å². The molecule has 0 spiro atoms. The Bertz CT molecular complexity index is 417. The normalized spacial score (nSPS) is 28.2. The molecule has 1 aliphatic rings. The lowest BCUT2D eigenvalue weighted by Gasteiger charge is -2.35. The highest BCUT2D eigenvalue weighted by molar-refractivity contribution is 5.31. The van der Waals surface area contributed by atoms with Gasteiger partial charge < -0.3 is 9.84 Å². The predicted molar refractivity (Wildman–Crippen MR) is 64.7 cm³/mol. The lowest BCUT2D eigenvalue weighted by atomic mass is 9.76. The molecule has 0 unspecified atom stereocenters. The summed E-state index contributed by atoms with van der Waals surface area (Å²) in [5.74, 6) is 0.331. The van der Waals surface area contributed by atoms with Crippen LogP contribution >= 0.6 is 0 Å². The van der Waals surface area contributed by atoms with Gasteiger partial charge >= 0.3 is 6.36 Å². The molecule has 2 nitrogen and oxygen atoms in total. The minimum Gasteiger partial charge on any atom is -0.406 e.